The van der Waals surface area contributed by atoms with Crippen LogP contribution in [0.15, 0.2) is 24.3 Å². The standard InChI is InChI=1S/C23H34N6O3/c1-6-31-13-17-28-18-19(15-9-7-8-10-16(15)27-20(18)24)29(17)14-22(2,3)32-12-11-26-21(30)23(4,5)25/h7-10H,6,11-14,25H2,1-5H3,(H2,24,27)(H,26,30). The second kappa shape index (κ2) is 9.40. The number of ether oxygens (including phenoxy) is 2. The van der Waals surface area contributed by atoms with Crippen LogP contribution in [0.25, 0.3) is 21.9 Å². The Balaban J connectivity index is 1.88. The summed E-state index contributed by atoms with van der Waals surface area (Å²) in [5.41, 5.74) is 13.0. The molecule has 9 nitrogen and oxygen atoms in total. The van der Waals surface area contributed by atoms with Crippen LogP contribution < -0.4 is 16.8 Å². The van der Waals surface area contributed by atoms with Gasteiger partial charge < -0.3 is 30.8 Å². The predicted molar refractivity (Wildman–Crippen MR) is 126 cm³/mol. The van der Waals surface area contributed by atoms with Crippen molar-refractivity contribution in [3.05, 3.63) is 30.1 Å². The van der Waals surface area contributed by atoms with E-state index in [1.165, 1.54) is 0 Å². The van der Waals surface area contributed by atoms with Gasteiger partial charge in [0.2, 0.25) is 5.91 Å². The zero-order valence-corrected chi connectivity index (χ0v) is 19.6. The molecular formula is C23H34N6O3. The minimum Gasteiger partial charge on any atom is -0.382 e. The fourth-order valence-corrected chi connectivity index (χ4v) is 3.52. The Morgan fingerprint density at radius 3 is 2.59 bits per heavy atom. The molecule has 0 atom stereocenters. The number of nitrogen functional groups attached to an aromatic ring is 1. The Hall–Kier alpha value is -2.75. The third-order valence-corrected chi connectivity index (χ3v) is 5.13. The number of rotatable bonds is 10. The number of aromatic nitrogens is 3. The molecule has 0 fully saturated rings. The average Bonchev–Trinajstić information content (AvgIpc) is 3.07. The Bertz CT molecular complexity index is 1100. The number of nitrogens with zero attached hydrogens (tertiary/aromatic N) is 3. The number of hydrogen-bond acceptors (Lipinski definition) is 7. The largest absolute Gasteiger partial charge is 0.382 e. The number of nitrogens with one attached hydrogen (secondary N) is 1. The highest BCUT2D eigenvalue weighted by molar-refractivity contribution is 6.06. The van der Waals surface area contributed by atoms with Gasteiger partial charge in [-0.3, -0.25) is 4.79 Å². The Morgan fingerprint density at radius 1 is 1.19 bits per heavy atom. The van der Waals surface area contributed by atoms with Gasteiger partial charge in [-0.1, -0.05) is 18.2 Å². The predicted octanol–water partition coefficient (Wildman–Crippen LogP) is 2.35. The number of hydrogen-bond donors (Lipinski definition) is 3. The highest BCUT2D eigenvalue weighted by atomic mass is 16.5. The van der Waals surface area contributed by atoms with E-state index in [1.807, 2.05) is 45.0 Å². The second-order valence-corrected chi connectivity index (χ2v) is 9.05. The molecule has 1 aromatic carbocycles. The summed E-state index contributed by atoms with van der Waals surface area (Å²) in [5, 5.41) is 3.77. The van der Waals surface area contributed by atoms with Crippen LogP contribution in [0.3, 0.4) is 0 Å². The molecule has 0 spiro atoms. The lowest BCUT2D eigenvalue weighted by atomic mass is 10.1. The summed E-state index contributed by atoms with van der Waals surface area (Å²) in [6.45, 7) is 11.5. The van der Waals surface area contributed by atoms with Crippen molar-refractivity contribution >= 4 is 33.7 Å². The van der Waals surface area contributed by atoms with E-state index in [4.69, 9.17) is 25.9 Å². The number of benzene rings is 1. The summed E-state index contributed by atoms with van der Waals surface area (Å²) in [6, 6.07) is 7.87. The summed E-state index contributed by atoms with van der Waals surface area (Å²) in [7, 11) is 0. The molecule has 9 heteroatoms. The average molecular weight is 443 g/mol. The summed E-state index contributed by atoms with van der Waals surface area (Å²) >= 11 is 0. The molecule has 2 aromatic heterocycles. The van der Waals surface area contributed by atoms with Crippen molar-refractivity contribution in [2.45, 2.75) is 58.9 Å². The SMILES string of the molecule is CCOCc1nc2c(N)nc3ccccc3c2n1CC(C)(C)OCCNC(=O)C(C)(C)N. The van der Waals surface area contributed by atoms with Crippen molar-refractivity contribution in [2.75, 3.05) is 25.5 Å². The van der Waals surface area contributed by atoms with E-state index in [0.29, 0.717) is 44.2 Å². The molecule has 2 heterocycles. The van der Waals surface area contributed by atoms with Gasteiger partial charge in [-0.05, 0) is 40.7 Å². The molecule has 1 amide bonds. The van der Waals surface area contributed by atoms with Crippen molar-refractivity contribution in [2.24, 2.45) is 5.73 Å². The molecule has 0 radical (unpaired) electrons. The van der Waals surface area contributed by atoms with E-state index < -0.39 is 11.1 Å². The molecule has 0 aliphatic carbocycles. The number of pyridine rings is 1. The molecule has 0 aliphatic heterocycles. The van der Waals surface area contributed by atoms with Gasteiger partial charge >= 0.3 is 0 Å². The van der Waals surface area contributed by atoms with Crippen LogP contribution in [-0.2, 0) is 27.4 Å². The van der Waals surface area contributed by atoms with Crippen molar-refractivity contribution in [1.82, 2.24) is 19.9 Å². The fourth-order valence-electron chi connectivity index (χ4n) is 3.52. The summed E-state index contributed by atoms with van der Waals surface area (Å²) < 4.78 is 13.9. The summed E-state index contributed by atoms with van der Waals surface area (Å²) in [6.07, 6.45) is 0. The second-order valence-electron chi connectivity index (χ2n) is 9.05. The first-order valence-electron chi connectivity index (χ1n) is 10.9. The number of carbonyl (C=O) groups is 1. The van der Waals surface area contributed by atoms with Gasteiger partial charge in [0.25, 0.3) is 0 Å². The van der Waals surface area contributed by atoms with Crippen LogP contribution in [0.2, 0.25) is 0 Å². The van der Waals surface area contributed by atoms with Crippen LogP contribution >= 0.6 is 0 Å². The topological polar surface area (TPSA) is 130 Å². The van der Waals surface area contributed by atoms with Crippen molar-refractivity contribution in [3.63, 3.8) is 0 Å². The number of imidazole rings is 1. The van der Waals surface area contributed by atoms with E-state index in [0.717, 1.165) is 22.2 Å². The van der Waals surface area contributed by atoms with E-state index >= 15 is 0 Å². The minimum absolute atomic E-state index is 0.215. The van der Waals surface area contributed by atoms with Gasteiger partial charge in [-0.25, -0.2) is 9.97 Å². The van der Waals surface area contributed by atoms with Crippen LogP contribution in [0.5, 0.6) is 0 Å². The number of para-hydroxylation sites is 1. The lowest BCUT2D eigenvalue weighted by Gasteiger charge is -2.28. The molecule has 0 saturated carbocycles. The Morgan fingerprint density at radius 2 is 1.91 bits per heavy atom. The van der Waals surface area contributed by atoms with E-state index in [-0.39, 0.29) is 5.91 Å². The molecule has 0 unspecified atom stereocenters. The zero-order valence-electron chi connectivity index (χ0n) is 19.6. The molecule has 0 saturated heterocycles. The van der Waals surface area contributed by atoms with Gasteiger partial charge in [0, 0.05) is 18.5 Å². The van der Waals surface area contributed by atoms with E-state index in [9.17, 15) is 4.79 Å². The van der Waals surface area contributed by atoms with Crippen LogP contribution in [0, 0.1) is 0 Å². The van der Waals surface area contributed by atoms with Gasteiger partial charge in [0.05, 0.1) is 35.3 Å². The number of amides is 1. The summed E-state index contributed by atoms with van der Waals surface area (Å²) in [4.78, 5) is 21.2. The van der Waals surface area contributed by atoms with Gasteiger partial charge in [-0.2, -0.15) is 0 Å². The third kappa shape index (κ3) is 5.35. The first kappa shape index (κ1) is 23.9. The maximum atomic E-state index is 12.0. The van der Waals surface area contributed by atoms with E-state index in [2.05, 4.69) is 14.9 Å². The third-order valence-electron chi connectivity index (χ3n) is 5.13. The van der Waals surface area contributed by atoms with Gasteiger partial charge in [-0.15, -0.1) is 0 Å². The maximum Gasteiger partial charge on any atom is 0.239 e. The lowest BCUT2D eigenvalue weighted by molar-refractivity contribution is -0.125. The van der Waals surface area contributed by atoms with Crippen molar-refractivity contribution in [3.8, 4) is 0 Å². The molecule has 0 aliphatic rings. The van der Waals surface area contributed by atoms with Crippen molar-refractivity contribution < 1.29 is 14.3 Å². The molecule has 3 aromatic rings. The molecule has 174 valence electrons. The Kier molecular flexibility index (Phi) is 7.02. The molecule has 32 heavy (non-hydrogen) atoms. The van der Waals surface area contributed by atoms with E-state index in [1.54, 1.807) is 13.8 Å². The minimum atomic E-state index is -0.922. The molecule has 5 N–H and O–H groups in total. The lowest BCUT2D eigenvalue weighted by Crippen LogP contribution is -2.50. The molecule has 3 rings (SSSR count). The normalized spacial score (nSPS) is 12.6. The number of nitrogens with two attached hydrogens (primary N) is 2. The van der Waals surface area contributed by atoms with Gasteiger partial charge in [0.1, 0.15) is 17.9 Å². The smallest absolute Gasteiger partial charge is 0.239 e. The Labute approximate surface area is 188 Å². The number of anilines is 1. The number of fused-ring (bicyclic) bond motifs is 3. The quantitative estimate of drug-likeness (QED) is 0.411. The molecule has 0 bridgehead atoms. The zero-order chi connectivity index (χ0) is 23.5. The maximum absolute atomic E-state index is 12.0. The highest BCUT2D eigenvalue weighted by Crippen LogP contribution is 2.30. The van der Waals surface area contributed by atoms with Crippen LogP contribution in [0.4, 0.5) is 5.82 Å². The van der Waals surface area contributed by atoms with Crippen molar-refractivity contribution in [1.29, 1.82) is 0 Å². The fraction of sp³-hybridized carbons (Fsp3) is 0.522. The first-order chi connectivity index (χ1) is 15.0. The first-order valence-corrected chi connectivity index (χ1v) is 10.9. The van der Waals surface area contributed by atoms with Crippen LogP contribution in [0.1, 0.15) is 40.4 Å². The number of carbonyl (C=O) groups excluding carboxylic acids is 1. The van der Waals surface area contributed by atoms with Crippen LogP contribution in [-0.4, -0.2) is 51.3 Å². The highest BCUT2D eigenvalue weighted by Gasteiger charge is 2.26. The van der Waals surface area contributed by atoms with Gasteiger partial charge in [0.15, 0.2) is 5.82 Å². The molecular weight excluding hydrogens is 408 g/mol. The monoisotopic (exact) mass is 442 g/mol. The summed E-state index contributed by atoms with van der Waals surface area (Å²) in [5.74, 6) is 0.940.